The topological polar surface area (TPSA) is 67.1 Å². The number of thiocarbonyl (C=S) groups is 1. The third-order valence-corrected chi connectivity index (χ3v) is 3.27. The summed E-state index contributed by atoms with van der Waals surface area (Å²) in [6.07, 6.45) is 2.34. The Morgan fingerprint density at radius 2 is 2.33 bits per heavy atom. The fourth-order valence-electron chi connectivity index (χ4n) is 2.23. The van der Waals surface area contributed by atoms with Crippen molar-refractivity contribution in [2.75, 3.05) is 25.5 Å². The first-order chi connectivity index (χ1) is 8.54. The van der Waals surface area contributed by atoms with Crippen LogP contribution in [-0.2, 0) is 0 Å². The molecule has 1 fully saturated rings. The average molecular weight is 265 g/mol. The molecule has 1 aliphatic heterocycles. The van der Waals surface area contributed by atoms with Gasteiger partial charge in [0.25, 0.3) is 0 Å². The van der Waals surface area contributed by atoms with E-state index in [0.29, 0.717) is 22.7 Å². The number of aryl methyl sites for hydroxylation is 1. The van der Waals surface area contributed by atoms with Gasteiger partial charge in [0.15, 0.2) is 0 Å². The Balaban J connectivity index is 2.10. The van der Waals surface area contributed by atoms with Gasteiger partial charge in [0.1, 0.15) is 10.7 Å². The van der Waals surface area contributed by atoms with Crippen LogP contribution in [0.5, 0.6) is 0 Å². The predicted octanol–water partition coefficient (Wildman–Crippen LogP) is 0.925. The highest BCUT2D eigenvalue weighted by Gasteiger charge is 2.18. The zero-order valence-corrected chi connectivity index (χ0v) is 11.6. The number of likely N-dealkylation sites (N-methyl/N-ethyl adjacent to an activating group) is 1. The third kappa shape index (κ3) is 3.36. The molecule has 0 amide bonds. The van der Waals surface area contributed by atoms with E-state index < -0.39 is 0 Å². The summed E-state index contributed by atoms with van der Waals surface area (Å²) in [7, 11) is 2.13. The Morgan fingerprint density at radius 1 is 1.56 bits per heavy atom. The molecule has 98 valence electrons. The van der Waals surface area contributed by atoms with Crippen molar-refractivity contribution >= 4 is 23.2 Å². The van der Waals surface area contributed by atoms with Crippen molar-refractivity contribution in [3.8, 4) is 0 Å². The van der Waals surface area contributed by atoms with Crippen LogP contribution < -0.4 is 11.1 Å². The SMILES string of the molecule is Cc1cc(C(N)=S)nc(NC2CCCN(C)C2)n1. The van der Waals surface area contributed by atoms with Gasteiger partial charge in [-0.25, -0.2) is 9.97 Å². The summed E-state index contributed by atoms with van der Waals surface area (Å²) in [6, 6.07) is 2.20. The summed E-state index contributed by atoms with van der Waals surface area (Å²) in [5.74, 6) is 0.623. The molecular formula is C12H19N5S. The van der Waals surface area contributed by atoms with Gasteiger partial charge in [-0.2, -0.15) is 0 Å². The molecule has 1 aromatic rings. The number of piperidine rings is 1. The van der Waals surface area contributed by atoms with Crippen LogP contribution in [0.4, 0.5) is 5.95 Å². The summed E-state index contributed by atoms with van der Waals surface area (Å²) in [6.45, 7) is 4.09. The number of anilines is 1. The Morgan fingerprint density at radius 3 is 3.00 bits per heavy atom. The molecule has 2 rings (SSSR count). The number of nitrogens with one attached hydrogen (secondary N) is 1. The smallest absolute Gasteiger partial charge is 0.223 e. The highest BCUT2D eigenvalue weighted by molar-refractivity contribution is 7.80. The lowest BCUT2D eigenvalue weighted by molar-refractivity contribution is 0.260. The summed E-state index contributed by atoms with van der Waals surface area (Å²) >= 11 is 4.96. The predicted molar refractivity (Wildman–Crippen MR) is 76.8 cm³/mol. The maximum Gasteiger partial charge on any atom is 0.223 e. The van der Waals surface area contributed by atoms with Crippen LogP contribution in [-0.4, -0.2) is 46.0 Å². The zero-order valence-electron chi connectivity index (χ0n) is 10.8. The van der Waals surface area contributed by atoms with Crippen molar-refractivity contribution in [1.82, 2.24) is 14.9 Å². The lowest BCUT2D eigenvalue weighted by Gasteiger charge is -2.30. The van der Waals surface area contributed by atoms with Gasteiger partial charge in [-0.3, -0.25) is 0 Å². The Hall–Kier alpha value is -1.27. The van der Waals surface area contributed by atoms with Crippen molar-refractivity contribution in [1.29, 1.82) is 0 Å². The van der Waals surface area contributed by atoms with E-state index in [4.69, 9.17) is 18.0 Å². The Labute approximate surface area is 113 Å². The first-order valence-electron chi connectivity index (χ1n) is 6.15. The second kappa shape index (κ2) is 5.58. The number of likely N-dealkylation sites (tertiary alicyclic amines) is 1. The summed E-state index contributed by atoms with van der Waals surface area (Å²) in [5.41, 5.74) is 7.12. The van der Waals surface area contributed by atoms with Crippen LogP contribution in [0.15, 0.2) is 6.07 Å². The van der Waals surface area contributed by atoms with E-state index >= 15 is 0 Å². The van der Waals surface area contributed by atoms with E-state index in [9.17, 15) is 0 Å². The van der Waals surface area contributed by atoms with E-state index in [1.807, 2.05) is 6.92 Å². The van der Waals surface area contributed by atoms with Gasteiger partial charge < -0.3 is 16.0 Å². The molecule has 0 saturated carbocycles. The quantitative estimate of drug-likeness (QED) is 0.792. The zero-order chi connectivity index (χ0) is 13.1. The van der Waals surface area contributed by atoms with E-state index in [1.165, 1.54) is 6.42 Å². The number of nitrogens with two attached hydrogens (primary N) is 1. The highest BCUT2D eigenvalue weighted by atomic mass is 32.1. The lowest BCUT2D eigenvalue weighted by Crippen LogP contribution is -2.40. The minimum absolute atomic E-state index is 0.310. The average Bonchev–Trinajstić information content (AvgIpc) is 2.28. The van der Waals surface area contributed by atoms with Crippen LogP contribution in [0.2, 0.25) is 0 Å². The van der Waals surface area contributed by atoms with E-state index in [1.54, 1.807) is 6.07 Å². The van der Waals surface area contributed by atoms with Crippen LogP contribution in [0.3, 0.4) is 0 Å². The van der Waals surface area contributed by atoms with E-state index in [0.717, 1.165) is 25.2 Å². The molecule has 0 spiro atoms. The number of hydrogen-bond donors (Lipinski definition) is 2. The number of hydrogen-bond acceptors (Lipinski definition) is 5. The lowest BCUT2D eigenvalue weighted by atomic mass is 10.1. The first kappa shape index (κ1) is 13.2. The van der Waals surface area contributed by atoms with Crippen LogP contribution in [0.25, 0.3) is 0 Å². The van der Waals surface area contributed by atoms with Gasteiger partial charge in [-0.15, -0.1) is 0 Å². The summed E-state index contributed by atoms with van der Waals surface area (Å²) < 4.78 is 0. The van der Waals surface area contributed by atoms with Crippen LogP contribution in [0.1, 0.15) is 24.2 Å². The minimum Gasteiger partial charge on any atom is -0.388 e. The fourth-order valence-corrected chi connectivity index (χ4v) is 2.33. The molecule has 18 heavy (non-hydrogen) atoms. The van der Waals surface area contributed by atoms with Crippen molar-refractivity contribution in [3.05, 3.63) is 17.5 Å². The second-order valence-electron chi connectivity index (χ2n) is 4.83. The monoisotopic (exact) mass is 265 g/mol. The molecule has 1 atom stereocenters. The third-order valence-electron chi connectivity index (χ3n) is 3.06. The van der Waals surface area contributed by atoms with Crippen molar-refractivity contribution in [2.24, 2.45) is 5.73 Å². The van der Waals surface area contributed by atoms with Gasteiger partial charge >= 0.3 is 0 Å². The first-order valence-corrected chi connectivity index (χ1v) is 6.56. The molecule has 1 unspecified atom stereocenters. The number of aromatic nitrogens is 2. The molecule has 0 aromatic carbocycles. The molecule has 1 saturated heterocycles. The fraction of sp³-hybridized carbons (Fsp3) is 0.583. The second-order valence-corrected chi connectivity index (χ2v) is 5.27. The molecule has 3 N–H and O–H groups in total. The maximum absolute atomic E-state index is 5.61. The molecular weight excluding hydrogens is 246 g/mol. The standard InChI is InChI=1S/C12H19N5S/c1-8-6-10(11(13)18)16-12(14-8)15-9-4-3-5-17(2)7-9/h6,9H,3-5,7H2,1-2H3,(H2,13,18)(H,14,15,16). The number of rotatable bonds is 3. The maximum atomic E-state index is 5.61. The number of nitrogens with zero attached hydrogens (tertiary/aromatic N) is 3. The molecule has 2 heterocycles. The molecule has 1 aromatic heterocycles. The molecule has 0 radical (unpaired) electrons. The van der Waals surface area contributed by atoms with Gasteiger partial charge in [0.2, 0.25) is 5.95 Å². The van der Waals surface area contributed by atoms with E-state index in [-0.39, 0.29) is 0 Å². The van der Waals surface area contributed by atoms with Crippen LogP contribution in [0, 0.1) is 6.92 Å². The highest BCUT2D eigenvalue weighted by Crippen LogP contribution is 2.13. The van der Waals surface area contributed by atoms with Gasteiger partial charge in [-0.05, 0) is 39.4 Å². The molecule has 5 nitrogen and oxygen atoms in total. The molecule has 1 aliphatic rings. The van der Waals surface area contributed by atoms with Crippen molar-refractivity contribution in [3.63, 3.8) is 0 Å². The van der Waals surface area contributed by atoms with Gasteiger partial charge in [0.05, 0.1) is 0 Å². The summed E-state index contributed by atoms with van der Waals surface area (Å²) in [5, 5.41) is 3.37. The van der Waals surface area contributed by atoms with Gasteiger partial charge in [-0.1, -0.05) is 12.2 Å². The minimum atomic E-state index is 0.310. The Kier molecular flexibility index (Phi) is 4.08. The normalized spacial score (nSPS) is 20.7. The van der Waals surface area contributed by atoms with E-state index in [2.05, 4.69) is 27.2 Å². The van der Waals surface area contributed by atoms with Crippen molar-refractivity contribution < 1.29 is 0 Å². The van der Waals surface area contributed by atoms with Gasteiger partial charge in [0, 0.05) is 18.3 Å². The largest absolute Gasteiger partial charge is 0.388 e. The van der Waals surface area contributed by atoms with Crippen molar-refractivity contribution in [2.45, 2.75) is 25.8 Å². The summed E-state index contributed by atoms with van der Waals surface area (Å²) in [4.78, 5) is 11.3. The molecule has 0 aliphatic carbocycles. The molecule has 0 bridgehead atoms. The van der Waals surface area contributed by atoms with Crippen LogP contribution >= 0.6 is 12.2 Å². The Bertz CT molecular complexity index is 448. The molecule has 6 heteroatoms.